The van der Waals surface area contributed by atoms with Crippen molar-refractivity contribution in [1.82, 2.24) is 15.5 Å². The molecule has 0 radical (unpaired) electrons. The second-order valence-electron chi connectivity index (χ2n) is 11.2. The first-order valence-corrected chi connectivity index (χ1v) is 14.3. The summed E-state index contributed by atoms with van der Waals surface area (Å²) in [5.74, 6) is -0.654. The Morgan fingerprint density at radius 1 is 0.857 bits per heavy atom. The smallest absolute Gasteiger partial charge is 0.349 e. The topological polar surface area (TPSA) is 61.4 Å². The summed E-state index contributed by atoms with van der Waals surface area (Å²) in [6.07, 6.45) is 0.212. The lowest BCUT2D eigenvalue weighted by molar-refractivity contribution is -0.141. The Hall–Kier alpha value is -3.36. The van der Waals surface area contributed by atoms with Crippen LogP contribution in [0.15, 0.2) is 78.9 Å². The van der Waals surface area contributed by atoms with Crippen LogP contribution in [0.4, 0.5) is 13.2 Å². The molecule has 0 atom stereocenters. The fourth-order valence-electron chi connectivity index (χ4n) is 6.58. The highest BCUT2D eigenvalue weighted by molar-refractivity contribution is 6.00. The van der Waals surface area contributed by atoms with Gasteiger partial charge in [0.05, 0.1) is 0 Å². The van der Waals surface area contributed by atoms with Gasteiger partial charge in [-0.25, -0.2) is 0 Å². The summed E-state index contributed by atoms with van der Waals surface area (Å²) < 4.78 is 39.4. The Kier molecular flexibility index (Phi) is 10.00. The molecule has 0 spiro atoms. The van der Waals surface area contributed by atoms with Gasteiger partial charge in [0.25, 0.3) is 5.91 Å². The maximum absolute atomic E-state index is 13.7. The van der Waals surface area contributed by atoms with E-state index in [1.54, 1.807) is 0 Å². The van der Waals surface area contributed by atoms with Crippen LogP contribution in [-0.2, 0) is 10.2 Å². The van der Waals surface area contributed by atoms with E-state index in [-0.39, 0.29) is 24.4 Å². The first kappa shape index (κ1) is 31.6. The Balaban J connectivity index is 0.00000405. The number of fused-ring (bicyclic) bond motifs is 3. The fraction of sp³-hybridized carbons (Fsp3) is 0.394. The van der Waals surface area contributed by atoms with E-state index in [0.717, 1.165) is 47.9 Å². The third-order valence-electron chi connectivity index (χ3n) is 8.65. The quantitative estimate of drug-likeness (QED) is 0.295. The largest absolute Gasteiger partial charge is 0.405 e. The second kappa shape index (κ2) is 13.3. The standard InChI is InChI=1S/C33H36F3N3O2.ClH/c1-39(25-18-16-24(17-19-25)38-30(40)23-10-3-2-4-11-23)21-9-20-32(31(41)37-22-33(34,35)36)28-14-7-5-12-26(28)27-13-6-8-15-29(27)32;/h2-8,10-15,24-25H,9,16-22H2,1H3,(H,37,41)(H,38,40);1H. The SMILES string of the molecule is CN(CCCC1(C(=O)NCC(F)(F)F)c2ccccc2-c2ccccc21)C1CCC(NC(=O)c2ccccc2)CC1.Cl. The Morgan fingerprint density at radius 3 is 1.98 bits per heavy atom. The number of amides is 2. The maximum atomic E-state index is 13.7. The van der Waals surface area contributed by atoms with Crippen LogP contribution < -0.4 is 10.6 Å². The molecule has 42 heavy (non-hydrogen) atoms. The molecule has 5 nitrogen and oxygen atoms in total. The number of benzene rings is 3. The monoisotopic (exact) mass is 599 g/mol. The molecule has 9 heteroatoms. The van der Waals surface area contributed by atoms with Crippen molar-refractivity contribution >= 4 is 24.2 Å². The summed E-state index contributed by atoms with van der Waals surface area (Å²) in [7, 11) is 2.07. The van der Waals surface area contributed by atoms with E-state index in [2.05, 4.69) is 22.6 Å². The molecule has 2 aliphatic carbocycles. The van der Waals surface area contributed by atoms with Gasteiger partial charge in [-0.1, -0.05) is 66.7 Å². The number of carbonyl (C=O) groups is 2. The van der Waals surface area contributed by atoms with Crippen LogP contribution in [0.2, 0.25) is 0 Å². The van der Waals surface area contributed by atoms with E-state index in [0.29, 0.717) is 31.0 Å². The first-order chi connectivity index (χ1) is 19.7. The molecule has 0 saturated heterocycles. The van der Waals surface area contributed by atoms with Gasteiger partial charge in [-0.3, -0.25) is 9.59 Å². The number of alkyl halides is 3. The normalized spacial score (nSPS) is 18.9. The van der Waals surface area contributed by atoms with Crippen molar-refractivity contribution in [3.05, 3.63) is 95.6 Å². The molecule has 3 aromatic rings. The van der Waals surface area contributed by atoms with E-state index in [9.17, 15) is 22.8 Å². The van der Waals surface area contributed by atoms with Crippen LogP contribution in [0, 0.1) is 0 Å². The Labute approximate surface area is 251 Å². The van der Waals surface area contributed by atoms with E-state index in [4.69, 9.17) is 0 Å². The number of halogens is 4. The molecule has 1 saturated carbocycles. The summed E-state index contributed by atoms with van der Waals surface area (Å²) in [4.78, 5) is 28.5. The van der Waals surface area contributed by atoms with Gasteiger partial charge in [-0.15, -0.1) is 12.4 Å². The van der Waals surface area contributed by atoms with Crippen molar-refractivity contribution in [3.8, 4) is 11.1 Å². The summed E-state index contributed by atoms with van der Waals surface area (Å²) in [5.41, 5.74) is 2.80. The zero-order valence-electron chi connectivity index (χ0n) is 23.6. The van der Waals surface area contributed by atoms with Crippen molar-refractivity contribution in [3.63, 3.8) is 0 Å². The predicted molar refractivity (Wildman–Crippen MR) is 161 cm³/mol. The molecule has 0 heterocycles. The van der Waals surface area contributed by atoms with E-state index >= 15 is 0 Å². The van der Waals surface area contributed by atoms with Gasteiger partial charge < -0.3 is 15.5 Å². The van der Waals surface area contributed by atoms with E-state index < -0.39 is 24.0 Å². The number of carbonyl (C=O) groups excluding carboxylic acids is 2. The summed E-state index contributed by atoms with van der Waals surface area (Å²) in [6, 6.07) is 24.8. The molecule has 0 bridgehead atoms. The Morgan fingerprint density at radius 2 is 1.40 bits per heavy atom. The first-order valence-electron chi connectivity index (χ1n) is 14.3. The highest BCUT2D eigenvalue weighted by Gasteiger charge is 2.49. The lowest BCUT2D eigenvalue weighted by atomic mass is 9.73. The van der Waals surface area contributed by atoms with Crippen molar-refractivity contribution in [2.75, 3.05) is 20.1 Å². The molecular weight excluding hydrogens is 563 g/mol. The number of nitrogens with one attached hydrogen (secondary N) is 2. The average Bonchev–Trinajstić information content (AvgIpc) is 3.27. The highest BCUT2D eigenvalue weighted by Crippen LogP contribution is 2.51. The second-order valence-corrected chi connectivity index (χ2v) is 11.2. The lowest BCUT2D eigenvalue weighted by Gasteiger charge is -2.36. The van der Waals surface area contributed by atoms with Crippen molar-refractivity contribution in [2.24, 2.45) is 0 Å². The molecule has 3 aromatic carbocycles. The third kappa shape index (κ3) is 6.65. The van der Waals surface area contributed by atoms with Crippen molar-refractivity contribution in [2.45, 2.75) is 62.2 Å². The lowest BCUT2D eigenvalue weighted by Crippen LogP contribution is -2.47. The maximum Gasteiger partial charge on any atom is 0.405 e. The Bertz CT molecular complexity index is 1330. The molecule has 224 valence electrons. The van der Waals surface area contributed by atoms with E-state index in [1.807, 2.05) is 78.9 Å². The minimum absolute atomic E-state index is 0. The fourth-order valence-corrected chi connectivity index (χ4v) is 6.58. The molecule has 5 rings (SSSR count). The average molecular weight is 600 g/mol. The van der Waals surface area contributed by atoms with Crippen LogP contribution in [0.3, 0.4) is 0 Å². The zero-order chi connectivity index (χ0) is 29.0. The van der Waals surface area contributed by atoms with Crippen molar-refractivity contribution in [1.29, 1.82) is 0 Å². The molecule has 2 N–H and O–H groups in total. The molecule has 0 aromatic heterocycles. The van der Waals surface area contributed by atoms with Gasteiger partial charge in [0, 0.05) is 17.6 Å². The predicted octanol–water partition coefficient (Wildman–Crippen LogP) is 6.51. The van der Waals surface area contributed by atoms with Crippen LogP contribution in [0.1, 0.15) is 60.0 Å². The highest BCUT2D eigenvalue weighted by atomic mass is 35.5. The molecular formula is C33H37ClF3N3O2. The molecule has 2 amide bonds. The summed E-state index contributed by atoms with van der Waals surface area (Å²) in [6.45, 7) is -0.647. The number of hydrogen-bond donors (Lipinski definition) is 2. The molecule has 1 fully saturated rings. The number of hydrogen-bond acceptors (Lipinski definition) is 3. The molecule has 0 unspecified atom stereocenters. The summed E-state index contributed by atoms with van der Waals surface area (Å²) >= 11 is 0. The molecule has 2 aliphatic rings. The van der Waals surface area contributed by atoms with Gasteiger partial charge in [0.15, 0.2) is 0 Å². The number of nitrogens with zero attached hydrogens (tertiary/aromatic N) is 1. The van der Waals surface area contributed by atoms with Crippen LogP contribution >= 0.6 is 12.4 Å². The summed E-state index contributed by atoms with van der Waals surface area (Å²) in [5, 5.41) is 5.36. The van der Waals surface area contributed by atoms with Crippen LogP contribution in [0.5, 0.6) is 0 Å². The van der Waals surface area contributed by atoms with Gasteiger partial charge in [0.1, 0.15) is 12.0 Å². The minimum atomic E-state index is -4.49. The minimum Gasteiger partial charge on any atom is -0.349 e. The van der Waals surface area contributed by atoms with Gasteiger partial charge in [-0.05, 0) is 86.5 Å². The van der Waals surface area contributed by atoms with Gasteiger partial charge >= 0.3 is 6.18 Å². The third-order valence-corrected chi connectivity index (χ3v) is 8.65. The van der Waals surface area contributed by atoms with E-state index in [1.165, 1.54) is 0 Å². The van der Waals surface area contributed by atoms with Crippen LogP contribution in [0.25, 0.3) is 11.1 Å². The van der Waals surface area contributed by atoms with Crippen LogP contribution in [-0.4, -0.2) is 55.1 Å². The molecule has 0 aliphatic heterocycles. The van der Waals surface area contributed by atoms with Gasteiger partial charge in [-0.2, -0.15) is 13.2 Å². The zero-order valence-corrected chi connectivity index (χ0v) is 24.4. The van der Waals surface area contributed by atoms with Crippen molar-refractivity contribution < 1.29 is 22.8 Å². The van der Waals surface area contributed by atoms with Gasteiger partial charge in [0.2, 0.25) is 5.91 Å². The number of rotatable bonds is 9.